The van der Waals surface area contributed by atoms with Gasteiger partial charge < -0.3 is 10.5 Å². The Labute approximate surface area is 98.0 Å². The lowest BCUT2D eigenvalue weighted by Crippen LogP contribution is -2.12. The standard InChI is InChI=1S/C13H22N2O/c1-4-6-12-7-11(9-14)8-13(15-12)16-10(3)5-2/h7-8,10H,4-6,9,14H2,1-3H3. The fourth-order valence-corrected chi connectivity index (χ4v) is 1.47. The first-order valence-electron chi connectivity index (χ1n) is 6.06. The van der Waals surface area contributed by atoms with E-state index in [0.29, 0.717) is 12.4 Å². The number of aromatic nitrogens is 1. The summed E-state index contributed by atoms with van der Waals surface area (Å²) in [7, 11) is 0. The number of aryl methyl sites for hydroxylation is 1. The van der Waals surface area contributed by atoms with E-state index in [2.05, 4.69) is 31.8 Å². The number of ether oxygens (including phenoxy) is 1. The van der Waals surface area contributed by atoms with Crippen molar-refractivity contribution >= 4 is 0 Å². The van der Waals surface area contributed by atoms with Gasteiger partial charge in [-0.1, -0.05) is 20.3 Å². The zero-order valence-electron chi connectivity index (χ0n) is 10.5. The summed E-state index contributed by atoms with van der Waals surface area (Å²) in [6, 6.07) is 4.00. The lowest BCUT2D eigenvalue weighted by atomic mass is 10.1. The average molecular weight is 222 g/mol. The Morgan fingerprint density at radius 1 is 1.38 bits per heavy atom. The van der Waals surface area contributed by atoms with Gasteiger partial charge in [-0.15, -0.1) is 0 Å². The summed E-state index contributed by atoms with van der Waals surface area (Å²) in [5.41, 5.74) is 7.83. The molecule has 0 saturated carbocycles. The van der Waals surface area contributed by atoms with E-state index >= 15 is 0 Å². The van der Waals surface area contributed by atoms with Crippen molar-refractivity contribution in [3.8, 4) is 5.88 Å². The first-order valence-corrected chi connectivity index (χ1v) is 6.06. The van der Waals surface area contributed by atoms with Gasteiger partial charge in [0.2, 0.25) is 5.88 Å². The van der Waals surface area contributed by atoms with Crippen molar-refractivity contribution in [3.05, 3.63) is 23.4 Å². The molecule has 1 heterocycles. The SMILES string of the molecule is CCCc1cc(CN)cc(OC(C)CC)n1. The normalized spacial score (nSPS) is 12.5. The van der Waals surface area contributed by atoms with E-state index in [1.54, 1.807) is 0 Å². The molecule has 0 fully saturated rings. The molecule has 0 saturated heterocycles. The number of hydrogen-bond donors (Lipinski definition) is 1. The summed E-state index contributed by atoms with van der Waals surface area (Å²) in [6.07, 6.45) is 3.25. The number of hydrogen-bond acceptors (Lipinski definition) is 3. The fourth-order valence-electron chi connectivity index (χ4n) is 1.47. The molecule has 0 amide bonds. The van der Waals surface area contributed by atoms with Gasteiger partial charge in [0.05, 0.1) is 6.10 Å². The van der Waals surface area contributed by atoms with Gasteiger partial charge in [0.15, 0.2) is 0 Å². The highest BCUT2D eigenvalue weighted by Crippen LogP contribution is 2.15. The Bertz CT molecular complexity index is 326. The van der Waals surface area contributed by atoms with E-state index < -0.39 is 0 Å². The van der Waals surface area contributed by atoms with E-state index in [1.807, 2.05) is 6.07 Å². The molecule has 0 aliphatic heterocycles. The van der Waals surface area contributed by atoms with Gasteiger partial charge >= 0.3 is 0 Å². The first-order chi connectivity index (χ1) is 7.69. The topological polar surface area (TPSA) is 48.1 Å². The Hall–Kier alpha value is -1.09. The highest BCUT2D eigenvalue weighted by molar-refractivity contribution is 5.25. The van der Waals surface area contributed by atoms with Gasteiger partial charge in [-0.05, 0) is 31.4 Å². The number of nitrogens with zero attached hydrogens (tertiary/aromatic N) is 1. The largest absolute Gasteiger partial charge is 0.475 e. The lowest BCUT2D eigenvalue weighted by molar-refractivity contribution is 0.208. The smallest absolute Gasteiger partial charge is 0.214 e. The van der Waals surface area contributed by atoms with Crippen LogP contribution in [0, 0.1) is 0 Å². The molecule has 0 aromatic carbocycles. The van der Waals surface area contributed by atoms with E-state index in [0.717, 1.165) is 30.5 Å². The van der Waals surface area contributed by atoms with Crippen molar-refractivity contribution in [2.45, 2.75) is 52.7 Å². The van der Waals surface area contributed by atoms with E-state index in [4.69, 9.17) is 10.5 Å². The summed E-state index contributed by atoms with van der Waals surface area (Å²) in [4.78, 5) is 4.48. The fraction of sp³-hybridized carbons (Fsp3) is 0.615. The van der Waals surface area contributed by atoms with E-state index in [9.17, 15) is 0 Å². The van der Waals surface area contributed by atoms with Crippen molar-refractivity contribution in [2.75, 3.05) is 0 Å². The van der Waals surface area contributed by atoms with Crippen LogP contribution in [0.15, 0.2) is 12.1 Å². The molecular formula is C13H22N2O. The molecule has 1 rings (SSSR count). The third-order valence-corrected chi connectivity index (χ3v) is 2.55. The summed E-state index contributed by atoms with van der Waals surface area (Å²) < 4.78 is 5.73. The van der Waals surface area contributed by atoms with Crippen LogP contribution >= 0.6 is 0 Å². The molecule has 1 aromatic rings. The van der Waals surface area contributed by atoms with Gasteiger partial charge in [0.25, 0.3) is 0 Å². The monoisotopic (exact) mass is 222 g/mol. The van der Waals surface area contributed by atoms with Gasteiger partial charge in [-0.25, -0.2) is 4.98 Å². The highest BCUT2D eigenvalue weighted by Gasteiger charge is 2.06. The van der Waals surface area contributed by atoms with Crippen molar-refractivity contribution in [2.24, 2.45) is 5.73 Å². The van der Waals surface area contributed by atoms with Crippen LogP contribution in [0.1, 0.15) is 44.9 Å². The summed E-state index contributed by atoms with van der Waals surface area (Å²) in [6.45, 7) is 6.84. The van der Waals surface area contributed by atoms with E-state index in [1.165, 1.54) is 0 Å². The molecule has 3 nitrogen and oxygen atoms in total. The number of pyridine rings is 1. The Morgan fingerprint density at radius 2 is 2.12 bits per heavy atom. The van der Waals surface area contributed by atoms with Crippen LogP contribution in [0.3, 0.4) is 0 Å². The highest BCUT2D eigenvalue weighted by atomic mass is 16.5. The van der Waals surface area contributed by atoms with Gasteiger partial charge in [0.1, 0.15) is 0 Å². The molecule has 0 aliphatic carbocycles. The minimum Gasteiger partial charge on any atom is -0.475 e. The molecule has 0 spiro atoms. The van der Waals surface area contributed by atoms with Crippen LogP contribution in [0.4, 0.5) is 0 Å². The predicted molar refractivity (Wildman–Crippen MR) is 66.5 cm³/mol. The molecule has 0 bridgehead atoms. The van der Waals surface area contributed by atoms with Gasteiger partial charge in [0, 0.05) is 18.3 Å². The molecule has 90 valence electrons. The van der Waals surface area contributed by atoms with Crippen molar-refractivity contribution in [3.63, 3.8) is 0 Å². The molecule has 1 unspecified atom stereocenters. The van der Waals surface area contributed by atoms with Gasteiger partial charge in [-0.2, -0.15) is 0 Å². The minimum atomic E-state index is 0.204. The zero-order valence-corrected chi connectivity index (χ0v) is 10.5. The van der Waals surface area contributed by atoms with Gasteiger partial charge in [-0.3, -0.25) is 0 Å². The molecule has 1 atom stereocenters. The second-order valence-electron chi connectivity index (χ2n) is 4.10. The van der Waals surface area contributed by atoms with Crippen molar-refractivity contribution in [1.29, 1.82) is 0 Å². The van der Waals surface area contributed by atoms with E-state index in [-0.39, 0.29) is 6.10 Å². The first kappa shape index (κ1) is 13.0. The molecule has 0 radical (unpaired) electrons. The molecule has 3 heteroatoms. The summed E-state index contributed by atoms with van der Waals surface area (Å²) in [5, 5.41) is 0. The third-order valence-electron chi connectivity index (χ3n) is 2.55. The Kier molecular flexibility index (Phi) is 5.26. The Morgan fingerprint density at radius 3 is 2.69 bits per heavy atom. The average Bonchev–Trinajstić information content (AvgIpc) is 2.29. The van der Waals surface area contributed by atoms with Crippen LogP contribution in [0.2, 0.25) is 0 Å². The second kappa shape index (κ2) is 6.48. The van der Waals surface area contributed by atoms with Crippen LogP contribution in [-0.4, -0.2) is 11.1 Å². The maximum atomic E-state index is 5.73. The van der Waals surface area contributed by atoms with Crippen LogP contribution < -0.4 is 10.5 Å². The molecule has 1 aromatic heterocycles. The van der Waals surface area contributed by atoms with Crippen LogP contribution in [-0.2, 0) is 13.0 Å². The molecule has 2 N–H and O–H groups in total. The quantitative estimate of drug-likeness (QED) is 0.805. The Balaban J connectivity index is 2.85. The van der Waals surface area contributed by atoms with Crippen LogP contribution in [0.5, 0.6) is 5.88 Å². The van der Waals surface area contributed by atoms with Crippen LogP contribution in [0.25, 0.3) is 0 Å². The maximum Gasteiger partial charge on any atom is 0.214 e. The zero-order chi connectivity index (χ0) is 12.0. The molecular weight excluding hydrogens is 200 g/mol. The summed E-state index contributed by atoms with van der Waals surface area (Å²) >= 11 is 0. The van der Waals surface area contributed by atoms with Crippen molar-refractivity contribution in [1.82, 2.24) is 4.98 Å². The summed E-state index contributed by atoms with van der Waals surface area (Å²) in [5.74, 6) is 0.709. The third kappa shape index (κ3) is 3.81. The molecule has 16 heavy (non-hydrogen) atoms. The number of nitrogens with two attached hydrogens (primary N) is 1. The number of rotatable bonds is 6. The predicted octanol–water partition coefficient (Wildman–Crippen LogP) is 2.67. The van der Waals surface area contributed by atoms with Crippen molar-refractivity contribution < 1.29 is 4.74 Å². The maximum absolute atomic E-state index is 5.73. The molecule has 0 aliphatic rings. The lowest BCUT2D eigenvalue weighted by Gasteiger charge is -2.13. The minimum absolute atomic E-state index is 0.204. The second-order valence-corrected chi connectivity index (χ2v) is 4.10.